The maximum Gasteiger partial charge on any atom is 0.306 e. The number of carbonyl (C=O) groups is 3. The molecule has 44 heavy (non-hydrogen) atoms. The van der Waals surface area contributed by atoms with E-state index in [9.17, 15) is 19.5 Å². The fraction of sp³-hybridized carbons (Fsp3) is 0.806. The first-order chi connectivity index (χ1) is 21.1. The average molecular weight is 624 g/mol. The lowest BCUT2D eigenvalue weighted by atomic mass is 10.1. The molecule has 0 amide bonds. The van der Waals surface area contributed by atoms with Crippen molar-refractivity contribution < 1.29 is 38.2 Å². The highest BCUT2D eigenvalue weighted by atomic mass is 16.6. The second-order valence-corrected chi connectivity index (χ2v) is 12.8. The van der Waals surface area contributed by atoms with Crippen LogP contribution < -0.4 is 5.11 Å². The van der Waals surface area contributed by atoms with Crippen LogP contribution >= 0.6 is 0 Å². The van der Waals surface area contributed by atoms with Crippen LogP contribution in [0, 0.1) is 0 Å². The van der Waals surface area contributed by atoms with Gasteiger partial charge in [0, 0.05) is 19.3 Å². The molecule has 0 radical (unpaired) electrons. The van der Waals surface area contributed by atoms with E-state index in [0.29, 0.717) is 19.3 Å². The Bertz CT molecular complexity index is 788. The monoisotopic (exact) mass is 623 g/mol. The van der Waals surface area contributed by atoms with Crippen molar-refractivity contribution in [2.75, 3.05) is 41.0 Å². The molecule has 0 aromatic rings. The number of carboxylic acids is 1. The van der Waals surface area contributed by atoms with Crippen molar-refractivity contribution in [3.8, 4) is 0 Å². The third-order valence-corrected chi connectivity index (χ3v) is 7.56. The standard InChI is InChI=1S/C36H65NO7/c1-6-8-9-10-11-12-13-14-15-16-17-18-19-20-21-22-23-24-25-27-35(39)44-32(31-43-34(38)26-7-2)30-42-29-28-33(36(40)41)37(3,4)5/h11-12,14-15,32-33H,6-10,13,16-31H2,1-5H3/b12-11-,15-14-. The molecule has 0 aromatic carbocycles. The number of esters is 2. The molecule has 0 saturated heterocycles. The van der Waals surface area contributed by atoms with Crippen molar-refractivity contribution in [2.24, 2.45) is 0 Å². The molecular weight excluding hydrogens is 558 g/mol. The summed E-state index contributed by atoms with van der Waals surface area (Å²) in [5, 5.41) is 11.5. The summed E-state index contributed by atoms with van der Waals surface area (Å²) in [5.74, 6) is -1.81. The zero-order valence-electron chi connectivity index (χ0n) is 28.8. The zero-order valence-corrected chi connectivity index (χ0v) is 28.8. The highest BCUT2D eigenvalue weighted by Crippen LogP contribution is 2.13. The number of nitrogens with zero attached hydrogens (tertiary/aromatic N) is 1. The maximum absolute atomic E-state index is 12.5. The number of allylic oxidation sites excluding steroid dienone is 4. The summed E-state index contributed by atoms with van der Waals surface area (Å²) in [6.07, 6.45) is 27.7. The second kappa shape index (κ2) is 28.3. The number of aliphatic carboxylic acids is 1. The molecular formula is C36H65NO7. The Balaban J connectivity index is 4.05. The van der Waals surface area contributed by atoms with Crippen LogP contribution in [-0.4, -0.2) is 75.5 Å². The normalized spacial score (nSPS) is 13.4. The van der Waals surface area contributed by atoms with E-state index < -0.39 is 18.1 Å². The molecule has 0 aromatic heterocycles. The van der Waals surface area contributed by atoms with Gasteiger partial charge in [-0.25, -0.2) is 0 Å². The van der Waals surface area contributed by atoms with E-state index in [0.717, 1.165) is 25.7 Å². The minimum atomic E-state index is -1.13. The Morgan fingerprint density at radius 1 is 0.682 bits per heavy atom. The third kappa shape index (κ3) is 26.2. The predicted molar refractivity (Wildman–Crippen MR) is 176 cm³/mol. The number of likely N-dealkylation sites (N-methyl/N-ethyl adjacent to an activating group) is 1. The van der Waals surface area contributed by atoms with Crippen LogP contribution in [0.15, 0.2) is 24.3 Å². The molecule has 0 heterocycles. The number of rotatable bonds is 30. The van der Waals surface area contributed by atoms with Crippen LogP contribution in [0.25, 0.3) is 0 Å². The summed E-state index contributed by atoms with van der Waals surface area (Å²) >= 11 is 0. The van der Waals surface area contributed by atoms with Crippen molar-refractivity contribution in [3.63, 3.8) is 0 Å². The molecule has 0 fully saturated rings. The van der Waals surface area contributed by atoms with Gasteiger partial charge in [0.2, 0.25) is 0 Å². The predicted octanol–water partition coefficient (Wildman–Crippen LogP) is 6.85. The molecule has 256 valence electrons. The van der Waals surface area contributed by atoms with Gasteiger partial charge in [0.15, 0.2) is 6.10 Å². The van der Waals surface area contributed by atoms with Gasteiger partial charge in [-0.15, -0.1) is 0 Å². The quantitative estimate of drug-likeness (QED) is 0.0373. The van der Waals surface area contributed by atoms with E-state index in [4.69, 9.17) is 14.2 Å². The molecule has 0 bridgehead atoms. The molecule has 2 unspecified atom stereocenters. The number of quaternary nitrogens is 1. The van der Waals surface area contributed by atoms with Crippen LogP contribution in [0.4, 0.5) is 0 Å². The van der Waals surface area contributed by atoms with Gasteiger partial charge in [-0.2, -0.15) is 0 Å². The molecule has 8 nitrogen and oxygen atoms in total. The summed E-state index contributed by atoms with van der Waals surface area (Å²) in [4.78, 5) is 35.7. The topological polar surface area (TPSA) is 102 Å². The van der Waals surface area contributed by atoms with E-state index in [1.165, 1.54) is 70.6 Å². The van der Waals surface area contributed by atoms with E-state index in [-0.39, 0.29) is 42.7 Å². The molecule has 0 spiro atoms. The Kier molecular flexibility index (Phi) is 26.9. The van der Waals surface area contributed by atoms with Crippen molar-refractivity contribution in [3.05, 3.63) is 24.3 Å². The Morgan fingerprint density at radius 2 is 1.25 bits per heavy atom. The fourth-order valence-electron chi connectivity index (χ4n) is 4.84. The molecule has 0 saturated carbocycles. The van der Waals surface area contributed by atoms with E-state index in [2.05, 4.69) is 31.2 Å². The first-order valence-corrected chi connectivity index (χ1v) is 17.4. The van der Waals surface area contributed by atoms with Crippen LogP contribution in [0.3, 0.4) is 0 Å². The van der Waals surface area contributed by atoms with Gasteiger partial charge < -0.3 is 28.6 Å². The van der Waals surface area contributed by atoms with Gasteiger partial charge in [0.05, 0.1) is 40.3 Å². The molecule has 0 rings (SSSR count). The first-order valence-electron chi connectivity index (χ1n) is 17.4. The molecule has 2 atom stereocenters. The number of hydrogen-bond acceptors (Lipinski definition) is 7. The fourth-order valence-corrected chi connectivity index (χ4v) is 4.84. The maximum atomic E-state index is 12.5. The van der Waals surface area contributed by atoms with E-state index in [1.807, 2.05) is 6.92 Å². The lowest BCUT2D eigenvalue weighted by Crippen LogP contribution is -2.55. The first kappa shape index (κ1) is 41.8. The highest BCUT2D eigenvalue weighted by molar-refractivity contribution is 5.70. The van der Waals surface area contributed by atoms with E-state index >= 15 is 0 Å². The lowest BCUT2D eigenvalue weighted by Gasteiger charge is -2.34. The van der Waals surface area contributed by atoms with Crippen LogP contribution in [0.5, 0.6) is 0 Å². The van der Waals surface area contributed by atoms with Gasteiger partial charge in [-0.3, -0.25) is 9.59 Å². The van der Waals surface area contributed by atoms with Crippen molar-refractivity contribution in [2.45, 2.75) is 148 Å². The molecule has 0 aliphatic heterocycles. The van der Waals surface area contributed by atoms with Crippen molar-refractivity contribution in [1.82, 2.24) is 0 Å². The minimum absolute atomic E-state index is 0.0366. The smallest absolute Gasteiger partial charge is 0.306 e. The summed E-state index contributed by atoms with van der Waals surface area (Å²) in [6, 6.07) is -0.719. The van der Waals surface area contributed by atoms with Gasteiger partial charge in [-0.1, -0.05) is 95.9 Å². The number of hydrogen-bond donors (Lipinski definition) is 0. The van der Waals surface area contributed by atoms with Gasteiger partial charge in [0.25, 0.3) is 0 Å². The molecule has 0 aliphatic carbocycles. The number of carbonyl (C=O) groups excluding carboxylic acids is 3. The Morgan fingerprint density at radius 3 is 1.80 bits per heavy atom. The van der Waals surface area contributed by atoms with Gasteiger partial charge in [-0.05, 0) is 44.9 Å². The van der Waals surface area contributed by atoms with E-state index in [1.54, 1.807) is 21.1 Å². The summed E-state index contributed by atoms with van der Waals surface area (Å²) in [6.45, 7) is 4.26. The molecule has 0 N–H and O–H groups in total. The van der Waals surface area contributed by atoms with Gasteiger partial charge >= 0.3 is 11.9 Å². The van der Waals surface area contributed by atoms with Crippen molar-refractivity contribution >= 4 is 17.9 Å². The number of carboxylic acid groups (broad SMARTS) is 1. The zero-order chi connectivity index (χ0) is 32.9. The SMILES string of the molecule is CCCCC/C=C\C/C=C\CCCCCCCCCCCC(=O)OC(COCCC(C(=O)[O-])[N+](C)(C)C)COC(=O)CCC. The summed E-state index contributed by atoms with van der Waals surface area (Å²) in [5.41, 5.74) is 0. The largest absolute Gasteiger partial charge is 0.544 e. The van der Waals surface area contributed by atoms with Gasteiger partial charge in [0.1, 0.15) is 12.6 Å². The minimum Gasteiger partial charge on any atom is -0.544 e. The van der Waals surface area contributed by atoms with Crippen LogP contribution in [0.2, 0.25) is 0 Å². The molecule has 0 aliphatic rings. The van der Waals surface area contributed by atoms with Crippen molar-refractivity contribution in [1.29, 1.82) is 0 Å². The Hall–Kier alpha value is -2.19. The van der Waals surface area contributed by atoms with Crippen LogP contribution in [-0.2, 0) is 28.6 Å². The second-order valence-electron chi connectivity index (χ2n) is 12.8. The Labute approximate surface area is 269 Å². The van der Waals surface area contributed by atoms with Crippen LogP contribution in [0.1, 0.15) is 136 Å². The number of unbranched alkanes of at least 4 members (excludes halogenated alkanes) is 12. The summed E-state index contributed by atoms with van der Waals surface area (Å²) < 4.78 is 16.7. The molecule has 8 heteroatoms. The summed E-state index contributed by atoms with van der Waals surface area (Å²) in [7, 11) is 5.36. The lowest BCUT2D eigenvalue weighted by molar-refractivity contribution is -0.889. The average Bonchev–Trinajstić information content (AvgIpc) is 2.96. The third-order valence-electron chi connectivity index (χ3n) is 7.56. The highest BCUT2D eigenvalue weighted by Gasteiger charge is 2.25. The number of ether oxygens (including phenoxy) is 3.